The molecule has 0 unspecified atom stereocenters. The van der Waals surface area contributed by atoms with Crippen LogP contribution >= 0.6 is 46.4 Å². The topological polar surface area (TPSA) is 94.7 Å². The second kappa shape index (κ2) is 8.76. The lowest BCUT2D eigenvalue weighted by molar-refractivity contribution is -0.124. The summed E-state index contributed by atoms with van der Waals surface area (Å²) in [6.07, 6.45) is 5.92. The molecule has 10 heteroatoms. The largest absolute Gasteiger partial charge is 0.394 e. The van der Waals surface area contributed by atoms with Gasteiger partial charge in [0.1, 0.15) is 34.4 Å². The fraction of sp³-hybridized carbons (Fsp3) is 0.357. The van der Waals surface area contributed by atoms with Crippen LogP contribution in [0.4, 0.5) is 5.69 Å². The number of anilines is 1. The average Bonchev–Trinajstić information content (AvgIpc) is 2.47. The summed E-state index contributed by atoms with van der Waals surface area (Å²) < 4.78 is 0. The van der Waals surface area contributed by atoms with Crippen LogP contribution < -0.4 is 5.73 Å². The van der Waals surface area contributed by atoms with Gasteiger partial charge in [-0.3, -0.25) is 4.79 Å². The molecule has 128 valence electrons. The summed E-state index contributed by atoms with van der Waals surface area (Å²) in [5, 5.41) is 0.940. The molecule has 0 atom stereocenters. The number of rotatable bonds is 3. The number of nitrogens with two attached hydrogens (primary N) is 1. The zero-order valence-corrected chi connectivity index (χ0v) is 15.4. The van der Waals surface area contributed by atoms with Gasteiger partial charge < -0.3 is 5.73 Å². The Morgan fingerprint density at radius 2 is 1.42 bits per heavy atom. The maximum absolute atomic E-state index is 11.7. The van der Waals surface area contributed by atoms with Gasteiger partial charge >= 0.3 is 0 Å². The molecule has 0 spiro atoms. The van der Waals surface area contributed by atoms with E-state index in [2.05, 4.69) is 19.9 Å². The third-order valence-corrected chi connectivity index (χ3v) is 4.79. The second-order valence-corrected chi connectivity index (χ2v) is 6.51. The molecule has 2 aromatic rings. The van der Waals surface area contributed by atoms with Crippen LogP contribution in [0.5, 0.6) is 0 Å². The monoisotopic (exact) mass is 407 g/mol. The van der Waals surface area contributed by atoms with Crippen molar-refractivity contribution in [3.05, 3.63) is 38.8 Å². The van der Waals surface area contributed by atoms with E-state index in [1.807, 2.05) is 0 Å². The maximum Gasteiger partial charge on any atom is 0.156 e. The Bertz CT molecular complexity index is 699. The Morgan fingerprint density at radius 1 is 0.958 bits per heavy atom. The van der Waals surface area contributed by atoms with Gasteiger partial charge in [0, 0.05) is 17.9 Å². The molecule has 0 bridgehead atoms. The summed E-state index contributed by atoms with van der Waals surface area (Å²) >= 11 is 22.6. The lowest BCUT2D eigenvalue weighted by Crippen LogP contribution is -2.23. The molecule has 0 saturated heterocycles. The molecular formula is C14H13Cl4N5O. The molecule has 0 aromatic carbocycles. The van der Waals surface area contributed by atoms with Crippen molar-refractivity contribution in [2.75, 3.05) is 5.73 Å². The molecule has 1 saturated carbocycles. The minimum Gasteiger partial charge on any atom is -0.394 e. The molecular weight excluding hydrogens is 396 g/mol. The van der Waals surface area contributed by atoms with Crippen molar-refractivity contribution in [1.82, 2.24) is 19.9 Å². The number of nitrogen functional groups attached to an aromatic ring is 1. The van der Waals surface area contributed by atoms with E-state index in [9.17, 15) is 4.79 Å². The van der Waals surface area contributed by atoms with Gasteiger partial charge in [0.2, 0.25) is 0 Å². The summed E-state index contributed by atoms with van der Waals surface area (Å²) in [4.78, 5) is 26.5. The summed E-state index contributed by atoms with van der Waals surface area (Å²) in [5.41, 5.74) is 6.07. The van der Waals surface area contributed by atoms with Gasteiger partial charge in [-0.05, 0) is 12.8 Å². The number of nitrogens with zero attached hydrogens (tertiary/aromatic N) is 4. The first-order chi connectivity index (χ1) is 11.4. The highest BCUT2D eigenvalue weighted by atomic mass is 35.5. The van der Waals surface area contributed by atoms with Crippen molar-refractivity contribution in [3.8, 4) is 0 Å². The van der Waals surface area contributed by atoms with Gasteiger partial charge in [0.05, 0.1) is 0 Å². The first-order valence-corrected chi connectivity index (χ1v) is 8.50. The molecule has 3 rings (SSSR count). The predicted molar refractivity (Wildman–Crippen MR) is 94.6 cm³/mol. The van der Waals surface area contributed by atoms with Crippen LogP contribution in [0.2, 0.25) is 20.6 Å². The third kappa shape index (κ3) is 4.89. The van der Waals surface area contributed by atoms with Crippen LogP contribution in [0.3, 0.4) is 0 Å². The van der Waals surface area contributed by atoms with Gasteiger partial charge in [-0.15, -0.1) is 0 Å². The van der Waals surface area contributed by atoms with Gasteiger partial charge in [-0.25, -0.2) is 19.9 Å². The average molecular weight is 409 g/mol. The summed E-state index contributed by atoms with van der Waals surface area (Å²) in [6.45, 7) is 0. The number of Topliss-reactive ketones (excluding diaryl/α,β-unsaturated/α-hetero) is 1. The lowest BCUT2D eigenvalue weighted by Gasteiger charge is -2.23. The Labute approximate surface area is 158 Å². The van der Waals surface area contributed by atoms with E-state index in [1.54, 1.807) is 0 Å². The predicted octanol–water partition coefficient (Wildman–Crippen LogP) is 4.06. The number of hydrogen-bond acceptors (Lipinski definition) is 6. The van der Waals surface area contributed by atoms with Crippen molar-refractivity contribution >= 4 is 57.9 Å². The molecule has 0 radical (unpaired) electrons. The first-order valence-electron chi connectivity index (χ1n) is 6.99. The van der Waals surface area contributed by atoms with Crippen molar-refractivity contribution < 1.29 is 4.79 Å². The quantitative estimate of drug-likeness (QED) is 0.769. The SMILES string of the molecule is Nc1c(Cl)ncnc1Cl.O=C(Cc1c(Cl)ncnc1Cl)C1CCC1. The van der Waals surface area contributed by atoms with Gasteiger partial charge in [-0.1, -0.05) is 52.8 Å². The van der Waals surface area contributed by atoms with E-state index in [1.165, 1.54) is 12.7 Å². The minimum absolute atomic E-state index is 0.190. The summed E-state index contributed by atoms with van der Waals surface area (Å²) in [6, 6.07) is 0. The van der Waals surface area contributed by atoms with E-state index < -0.39 is 0 Å². The van der Waals surface area contributed by atoms with Crippen molar-refractivity contribution in [2.24, 2.45) is 5.92 Å². The van der Waals surface area contributed by atoms with Crippen LogP contribution in [0.25, 0.3) is 0 Å². The lowest BCUT2D eigenvalue weighted by atomic mass is 9.80. The Hall–Kier alpha value is -1.21. The standard InChI is InChI=1S/C10H10Cl2N2O.C4H3Cl2N3/c11-9-7(10(12)14-5-13-9)4-8(15)6-2-1-3-6;5-3-2(7)4(6)9-1-8-3/h5-6H,1-4H2;1H,7H2. The highest BCUT2D eigenvalue weighted by molar-refractivity contribution is 6.37. The van der Waals surface area contributed by atoms with Gasteiger partial charge in [-0.2, -0.15) is 0 Å². The maximum atomic E-state index is 11.7. The number of halogens is 4. The zero-order chi connectivity index (χ0) is 17.7. The number of aromatic nitrogens is 4. The van der Waals surface area contributed by atoms with E-state index in [-0.39, 0.29) is 44.4 Å². The van der Waals surface area contributed by atoms with E-state index in [0.717, 1.165) is 19.3 Å². The van der Waals surface area contributed by atoms with Crippen LogP contribution in [0.15, 0.2) is 12.7 Å². The molecule has 0 aliphatic heterocycles. The molecule has 6 nitrogen and oxygen atoms in total. The number of carbonyl (C=O) groups is 1. The van der Waals surface area contributed by atoms with Crippen LogP contribution in [0.1, 0.15) is 24.8 Å². The molecule has 0 amide bonds. The van der Waals surface area contributed by atoms with Crippen LogP contribution in [0, 0.1) is 5.92 Å². The normalized spacial score (nSPS) is 13.7. The Balaban J connectivity index is 0.000000198. The molecule has 24 heavy (non-hydrogen) atoms. The molecule has 1 fully saturated rings. The number of ketones is 1. The van der Waals surface area contributed by atoms with Crippen LogP contribution in [-0.2, 0) is 11.2 Å². The zero-order valence-electron chi connectivity index (χ0n) is 12.3. The number of carbonyl (C=O) groups excluding carboxylic acids is 1. The Morgan fingerprint density at radius 3 is 1.79 bits per heavy atom. The smallest absolute Gasteiger partial charge is 0.156 e. The van der Waals surface area contributed by atoms with Crippen LogP contribution in [-0.4, -0.2) is 25.7 Å². The van der Waals surface area contributed by atoms with E-state index >= 15 is 0 Å². The fourth-order valence-corrected chi connectivity index (χ4v) is 2.68. The molecule has 2 aromatic heterocycles. The number of hydrogen-bond donors (Lipinski definition) is 1. The first kappa shape index (κ1) is 19.1. The molecule has 2 heterocycles. The van der Waals surface area contributed by atoms with Gasteiger partial charge in [0.25, 0.3) is 0 Å². The minimum atomic E-state index is 0.190. The van der Waals surface area contributed by atoms with E-state index in [4.69, 9.17) is 52.1 Å². The summed E-state index contributed by atoms with van der Waals surface area (Å²) in [5.74, 6) is 0.386. The molecule has 2 N–H and O–H groups in total. The fourth-order valence-electron chi connectivity index (χ4n) is 1.92. The Kier molecular flexibility index (Phi) is 6.98. The highest BCUT2D eigenvalue weighted by Gasteiger charge is 2.26. The third-order valence-electron chi connectivity index (χ3n) is 3.54. The second-order valence-electron chi connectivity index (χ2n) is 5.07. The van der Waals surface area contributed by atoms with Gasteiger partial charge in [0.15, 0.2) is 10.3 Å². The van der Waals surface area contributed by atoms with E-state index in [0.29, 0.717) is 5.56 Å². The highest BCUT2D eigenvalue weighted by Crippen LogP contribution is 2.30. The molecule has 1 aliphatic carbocycles. The van der Waals surface area contributed by atoms with Crippen molar-refractivity contribution in [1.29, 1.82) is 0 Å². The van der Waals surface area contributed by atoms with Crippen molar-refractivity contribution in [2.45, 2.75) is 25.7 Å². The van der Waals surface area contributed by atoms with Crippen molar-refractivity contribution in [3.63, 3.8) is 0 Å². The molecule has 1 aliphatic rings. The summed E-state index contributed by atoms with van der Waals surface area (Å²) in [7, 11) is 0.